The van der Waals surface area contributed by atoms with Crippen LogP contribution in [0.1, 0.15) is 30.9 Å². The topological polar surface area (TPSA) is 77.4 Å². The Labute approximate surface area is 214 Å². The van der Waals surface area contributed by atoms with Gasteiger partial charge in [0.25, 0.3) is 0 Å². The van der Waals surface area contributed by atoms with Gasteiger partial charge in [0.05, 0.1) is 28.3 Å². The second-order valence-electron chi connectivity index (χ2n) is 8.17. The van der Waals surface area contributed by atoms with Crippen molar-refractivity contribution in [3.05, 3.63) is 92.5 Å². The van der Waals surface area contributed by atoms with Crippen LogP contribution in [0.5, 0.6) is 5.75 Å². The van der Waals surface area contributed by atoms with Gasteiger partial charge in [-0.2, -0.15) is 0 Å². The zero-order valence-corrected chi connectivity index (χ0v) is 21.8. The molecule has 1 heterocycles. The van der Waals surface area contributed by atoms with Crippen molar-refractivity contribution in [2.24, 2.45) is 0 Å². The number of hydrogen-bond acceptors (Lipinski definition) is 5. The molecule has 0 saturated carbocycles. The van der Waals surface area contributed by atoms with Gasteiger partial charge in [-0.25, -0.2) is 13.1 Å². The summed E-state index contributed by atoms with van der Waals surface area (Å²) in [5, 5.41) is 0.632. The molecule has 6 nitrogen and oxygen atoms in total. The lowest BCUT2D eigenvalue weighted by Crippen LogP contribution is -2.25. The van der Waals surface area contributed by atoms with Crippen molar-refractivity contribution in [2.45, 2.75) is 37.6 Å². The Morgan fingerprint density at radius 3 is 2.60 bits per heavy atom. The Kier molecular flexibility index (Phi) is 8.28. The van der Waals surface area contributed by atoms with Crippen LogP contribution >= 0.6 is 22.9 Å². The second kappa shape index (κ2) is 11.4. The summed E-state index contributed by atoms with van der Waals surface area (Å²) in [6.07, 6.45) is 2.27. The zero-order chi connectivity index (χ0) is 24.8. The van der Waals surface area contributed by atoms with E-state index in [2.05, 4.69) is 11.6 Å². The van der Waals surface area contributed by atoms with E-state index >= 15 is 0 Å². The van der Waals surface area contributed by atoms with Crippen molar-refractivity contribution in [2.75, 3.05) is 13.2 Å². The van der Waals surface area contributed by atoms with Gasteiger partial charge in [0.1, 0.15) is 5.75 Å². The SMILES string of the molecule is CCCOc1ccccc1CCCNS(=O)(=O)c1ccc2c(c1)sc(=O)n2Cc1ccc(Cl)cc1. The monoisotopic (exact) mass is 530 g/mol. The number of sulfonamides is 1. The van der Waals surface area contributed by atoms with Gasteiger partial charge in [0.15, 0.2) is 0 Å². The van der Waals surface area contributed by atoms with Crippen molar-refractivity contribution >= 4 is 43.2 Å². The molecule has 4 aromatic rings. The number of halogens is 1. The summed E-state index contributed by atoms with van der Waals surface area (Å²) >= 11 is 6.99. The fourth-order valence-corrected chi connectivity index (χ4v) is 6.00. The molecule has 0 fully saturated rings. The highest BCUT2D eigenvalue weighted by Gasteiger charge is 2.17. The Morgan fingerprint density at radius 2 is 1.83 bits per heavy atom. The number of fused-ring (bicyclic) bond motifs is 1. The Morgan fingerprint density at radius 1 is 1.06 bits per heavy atom. The summed E-state index contributed by atoms with van der Waals surface area (Å²) in [5.41, 5.74) is 2.71. The van der Waals surface area contributed by atoms with Crippen molar-refractivity contribution in [1.82, 2.24) is 9.29 Å². The molecule has 1 aromatic heterocycles. The lowest BCUT2D eigenvalue weighted by atomic mass is 10.1. The predicted octanol–water partition coefficient (Wildman–Crippen LogP) is 5.46. The largest absolute Gasteiger partial charge is 0.493 e. The first kappa shape index (κ1) is 25.4. The van der Waals surface area contributed by atoms with Gasteiger partial charge in [0, 0.05) is 11.6 Å². The molecular weight excluding hydrogens is 504 g/mol. The maximum Gasteiger partial charge on any atom is 0.308 e. The highest BCUT2D eigenvalue weighted by atomic mass is 35.5. The maximum atomic E-state index is 12.9. The third kappa shape index (κ3) is 6.32. The maximum absolute atomic E-state index is 12.9. The second-order valence-corrected chi connectivity index (χ2v) is 11.4. The van der Waals surface area contributed by atoms with Gasteiger partial charge in [-0.3, -0.25) is 9.36 Å². The number of benzene rings is 3. The molecule has 0 aliphatic carbocycles. The van der Waals surface area contributed by atoms with Crippen molar-refractivity contribution in [3.8, 4) is 5.75 Å². The highest BCUT2D eigenvalue weighted by Crippen LogP contribution is 2.23. The van der Waals surface area contributed by atoms with Gasteiger partial charge in [-0.05, 0) is 66.8 Å². The molecule has 0 saturated heterocycles. The number of ether oxygens (including phenoxy) is 1. The smallest absolute Gasteiger partial charge is 0.308 e. The molecule has 184 valence electrons. The molecule has 0 unspecified atom stereocenters. The quantitative estimate of drug-likeness (QED) is 0.261. The lowest BCUT2D eigenvalue weighted by Gasteiger charge is -2.11. The zero-order valence-electron chi connectivity index (χ0n) is 19.4. The van der Waals surface area contributed by atoms with E-state index in [0.29, 0.717) is 47.8 Å². The molecule has 0 aliphatic rings. The van der Waals surface area contributed by atoms with E-state index in [1.165, 1.54) is 0 Å². The van der Waals surface area contributed by atoms with Crippen LogP contribution in [0.3, 0.4) is 0 Å². The van der Waals surface area contributed by atoms with E-state index in [-0.39, 0.29) is 9.77 Å². The molecule has 35 heavy (non-hydrogen) atoms. The summed E-state index contributed by atoms with van der Waals surface area (Å²) in [5.74, 6) is 0.848. The highest BCUT2D eigenvalue weighted by molar-refractivity contribution is 7.89. The molecule has 0 aliphatic heterocycles. The van der Waals surface area contributed by atoms with Crippen LogP contribution < -0.4 is 14.3 Å². The van der Waals surface area contributed by atoms with Crippen LogP contribution in [0.15, 0.2) is 76.4 Å². The van der Waals surface area contributed by atoms with Gasteiger partial charge < -0.3 is 4.74 Å². The number of hydrogen-bond donors (Lipinski definition) is 1. The Balaban J connectivity index is 1.42. The van der Waals surface area contributed by atoms with Gasteiger partial charge in [-0.15, -0.1) is 0 Å². The number of nitrogens with one attached hydrogen (secondary N) is 1. The van der Waals surface area contributed by atoms with Crippen molar-refractivity contribution < 1.29 is 13.2 Å². The van der Waals surface area contributed by atoms with E-state index in [0.717, 1.165) is 34.6 Å². The number of para-hydroxylation sites is 1. The van der Waals surface area contributed by atoms with E-state index in [9.17, 15) is 13.2 Å². The lowest BCUT2D eigenvalue weighted by molar-refractivity contribution is 0.314. The van der Waals surface area contributed by atoms with Crippen LogP contribution in [0, 0.1) is 0 Å². The number of rotatable bonds is 11. The normalized spacial score (nSPS) is 11.7. The molecule has 1 N–H and O–H groups in total. The van der Waals surface area contributed by atoms with Gasteiger partial charge in [0.2, 0.25) is 10.0 Å². The number of aryl methyl sites for hydroxylation is 1. The summed E-state index contributed by atoms with van der Waals surface area (Å²) in [6, 6.07) is 19.9. The van der Waals surface area contributed by atoms with Crippen LogP contribution in [0.2, 0.25) is 5.02 Å². The fourth-order valence-electron chi connectivity index (χ4n) is 3.77. The molecule has 0 bridgehead atoms. The predicted molar refractivity (Wildman–Crippen MR) is 142 cm³/mol. The average molecular weight is 531 g/mol. The first-order chi connectivity index (χ1) is 16.9. The van der Waals surface area contributed by atoms with E-state index in [1.54, 1.807) is 34.9 Å². The standard InChI is InChI=1S/C26H27ClN2O4S2/c1-2-16-33-24-8-4-3-6-20(24)7-5-15-28-35(31,32)22-13-14-23-25(17-22)34-26(30)29(23)18-19-9-11-21(27)12-10-19/h3-4,6,8-14,17,28H,2,5,7,15-16,18H2,1H3. The first-order valence-electron chi connectivity index (χ1n) is 11.5. The van der Waals surface area contributed by atoms with Crippen LogP contribution in [-0.4, -0.2) is 26.1 Å². The molecular formula is C26H27ClN2O4S2. The molecule has 0 radical (unpaired) electrons. The molecule has 4 rings (SSSR count). The number of thiazole rings is 1. The number of nitrogens with zero attached hydrogens (tertiary/aromatic N) is 1. The van der Waals surface area contributed by atoms with Crippen molar-refractivity contribution in [3.63, 3.8) is 0 Å². The van der Waals surface area contributed by atoms with Gasteiger partial charge >= 0.3 is 4.87 Å². The van der Waals surface area contributed by atoms with E-state index in [1.807, 2.05) is 36.4 Å². The van der Waals surface area contributed by atoms with Crippen LogP contribution in [0.25, 0.3) is 10.2 Å². The van der Waals surface area contributed by atoms with Crippen LogP contribution in [-0.2, 0) is 23.0 Å². The van der Waals surface area contributed by atoms with E-state index in [4.69, 9.17) is 16.3 Å². The van der Waals surface area contributed by atoms with E-state index < -0.39 is 10.0 Å². The average Bonchev–Trinajstić information content (AvgIpc) is 3.16. The first-order valence-corrected chi connectivity index (χ1v) is 14.1. The Hall–Kier alpha value is -2.65. The minimum atomic E-state index is -3.70. The summed E-state index contributed by atoms with van der Waals surface area (Å²) in [4.78, 5) is 12.6. The Bertz CT molecular complexity index is 1460. The summed E-state index contributed by atoms with van der Waals surface area (Å²) in [7, 11) is -3.70. The van der Waals surface area contributed by atoms with Crippen LogP contribution in [0.4, 0.5) is 0 Å². The summed E-state index contributed by atoms with van der Waals surface area (Å²) < 4.78 is 36.5. The minimum absolute atomic E-state index is 0.138. The molecule has 0 amide bonds. The van der Waals surface area contributed by atoms with Gasteiger partial charge in [-0.1, -0.05) is 60.2 Å². The molecule has 3 aromatic carbocycles. The number of aromatic nitrogens is 1. The summed E-state index contributed by atoms with van der Waals surface area (Å²) in [6.45, 7) is 3.40. The third-order valence-corrected chi connectivity index (χ3v) is 8.21. The fraction of sp³-hybridized carbons (Fsp3) is 0.269. The third-order valence-electron chi connectivity index (χ3n) is 5.55. The molecule has 0 spiro atoms. The minimum Gasteiger partial charge on any atom is -0.493 e. The molecule has 9 heteroatoms. The van der Waals surface area contributed by atoms with Crippen molar-refractivity contribution in [1.29, 1.82) is 0 Å². The molecule has 0 atom stereocenters.